The number of hydrogen-bond acceptors (Lipinski definition) is 5. The van der Waals surface area contributed by atoms with Crippen LogP contribution >= 0.6 is 27.5 Å². The van der Waals surface area contributed by atoms with Crippen LogP contribution in [0.15, 0.2) is 76.3 Å². The second-order valence-electron chi connectivity index (χ2n) is 7.04. The van der Waals surface area contributed by atoms with Gasteiger partial charge in [0.15, 0.2) is 11.5 Å². The zero-order chi connectivity index (χ0) is 24.3. The maximum Gasteiger partial charge on any atom is 0.259 e. The summed E-state index contributed by atoms with van der Waals surface area (Å²) in [7, 11) is 0. The number of nitrogens with zero attached hydrogens (tertiary/aromatic N) is 1. The molecule has 3 aromatic rings. The average Bonchev–Trinajstić information content (AvgIpc) is 2.83. The van der Waals surface area contributed by atoms with Gasteiger partial charge in [0.1, 0.15) is 6.61 Å². The number of hydrogen-bond donors (Lipinski definition) is 2. The van der Waals surface area contributed by atoms with Gasteiger partial charge in [0, 0.05) is 15.1 Å². The summed E-state index contributed by atoms with van der Waals surface area (Å²) >= 11 is 9.22. The minimum absolute atomic E-state index is 0.204. The smallest absolute Gasteiger partial charge is 0.259 e. The van der Waals surface area contributed by atoms with Crippen molar-refractivity contribution in [3.05, 3.63) is 92.9 Å². The SMILES string of the molecule is CCOc1cc(/C=N/NC(=O)CNC(=O)c2cccc(Br)c2)ccc1OCc1ccc(Cl)cc1. The maximum absolute atomic E-state index is 12.1. The van der Waals surface area contributed by atoms with Crippen LogP contribution in [-0.2, 0) is 11.4 Å². The third-order valence-electron chi connectivity index (χ3n) is 4.47. The van der Waals surface area contributed by atoms with Crippen LogP contribution in [0.2, 0.25) is 5.02 Å². The number of hydrazone groups is 1. The first-order chi connectivity index (χ1) is 16.4. The van der Waals surface area contributed by atoms with Gasteiger partial charge in [0.05, 0.1) is 19.4 Å². The Hall–Kier alpha value is -3.36. The van der Waals surface area contributed by atoms with Crippen molar-refractivity contribution >= 4 is 45.6 Å². The highest BCUT2D eigenvalue weighted by atomic mass is 79.9. The molecule has 0 saturated heterocycles. The van der Waals surface area contributed by atoms with E-state index in [1.807, 2.05) is 37.3 Å². The minimum atomic E-state index is -0.451. The van der Waals surface area contributed by atoms with Crippen LogP contribution in [0.3, 0.4) is 0 Å². The van der Waals surface area contributed by atoms with Gasteiger partial charge in [-0.25, -0.2) is 5.43 Å². The van der Waals surface area contributed by atoms with Crippen molar-refractivity contribution in [1.29, 1.82) is 0 Å². The van der Waals surface area contributed by atoms with Crippen molar-refractivity contribution in [1.82, 2.24) is 10.7 Å². The van der Waals surface area contributed by atoms with Gasteiger partial charge in [-0.05, 0) is 66.6 Å². The summed E-state index contributed by atoms with van der Waals surface area (Å²) in [5.41, 5.74) is 4.53. The van der Waals surface area contributed by atoms with Gasteiger partial charge in [-0.2, -0.15) is 5.10 Å². The number of carbonyl (C=O) groups excluding carboxylic acids is 2. The topological polar surface area (TPSA) is 89.0 Å². The van der Waals surface area contributed by atoms with E-state index in [-0.39, 0.29) is 12.5 Å². The maximum atomic E-state index is 12.1. The van der Waals surface area contributed by atoms with Crippen LogP contribution in [-0.4, -0.2) is 31.2 Å². The van der Waals surface area contributed by atoms with E-state index >= 15 is 0 Å². The Morgan fingerprint density at radius 3 is 2.56 bits per heavy atom. The van der Waals surface area contributed by atoms with E-state index in [2.05, 4.69) is 31.8 Å². The van der Waals surface area contributed by atoms with E-state index in [4.69, 9.17) is 21.1 Å². The molecule has 176 valence electrons. The summed E-state index contributed by atoms with van der Waals surface area (Å²) in [6, 6.07) is 19.6. The summed E-state index contributed by atoms with van der Waals surface area (Å²) < 4.78 is 12.3. The highest BCUT2D eigenvalue weighted by Gasteiger charge is 2.09. The van der Waals surface area contributed by atoms with Crippen LogP contribution in [0, 0.1) is 0 Å². The first-order valence-corrected chi connectivity index (χ1v) is 11.6. The zero-order valence-electron chi connectivity index (χ0n) is 18.4. The molecule has 0 aliphatic rings. The molecule has 0 radical (unpaired) electrons. The molecule has 3 rings (SSSR count). The number of nitrogens with one attached hydrogen (secondary N) is 2. The molecule has 0 saturated carbocycles. The van der Waals surface area contributed by atoms with Gasteiger partial charge in [0.25, 0.3) is 11.8 Å². The third-order valence-corrected chi connectivity index (χ3v) is 5.22. The van der Waals surface area contributed by atoms with E-state index in [9.17, 15) is 9.59 Å². The predicted octanol–water partition coefficient (Wildman–Crippen LogP) is 4.96. The van der Waals surface area contributed by atoms with Crippen molar-refractivity contribution in [2.24, 2.45) is 5.10 Å². The molecule has 3 aromatic carbocycles. The lowest BCUT2D eigenvalue weighted by Gasteiger charge is -2.12. The lowest BCUT2D eigenvalue weighted by Crippen LogP contribution is -2.34. The molecule has 9 heteroatoms. The van der Waals surface area contributed by atoms with Gasteiger partial charge in [-0.15, -0.1) is 0 Å². The number of ether oxygens (including phenoxy) is 2. The first kappa shape index (κ1) is 25.3. The molecule has 0 heterocycles. The second kappa shape index (κ2) is 12.8. The number of amides is 2. The second-order valence-corrected chi connectivity index (χ2v) is 8.39. The molecule has 0 bridgehead atoms. The van der Waals surface area contributed by atoms with Gasteiger partial charge < -0.3 is 14.8 Å². The third kappa shape index (κ3) is 7.90. The first-order valence-electron chi connectivity index (χ1n) is 10.4. The fourth-order valence-electron chi connectivity index (χ4n) is 2.84. The summed E-state index contributed by atoms with van der Waals surface area (Å²) in [4.78, 5) is 24.1. The normalized spacial score (nSPS) is 10.7. The molecular weight excluding hydrogens is 522 g/mol. The Morgan fingerprint density at radius 1 is 1.03 bits per heavy atom. The molecule has 2 N–H and O–H groups in total. The predicted molar refractivity (Wildman–Crippen MR) is 136 cm³/mol. The van der Waals surface area contributed by atoms with Crippen LogP contribution in [0.4, 0.5) is 0 Å². The molecular formula is C25H23BrClN3O4. The van der Waals surface area contributed by atoms with Crippen molar-refractivity contribution in [2.45, 2.75) is 13.5 Å². The van der Waals surface area contributed by atoms with E-state index < -0.39 is 5.91 Å². The molecule has 0 aliphatic carbocycles. The zero-order valence-corrected chi connectivity index (χ0v) is 20.7. The Morgan fingerprint density at radius 2 is 1.82 bits per heavy atom. The van der Waals surface area contributed by atoms with Crippen LogP contribution in [0.25, 0.3) is 0 Å². The standard InChI is InChI=1S/C25H23BrClN3O4/c1-2-33-23-12-18(8-11-22(23)34-16-17-6-9-21(27)10-7-17)14-29-30-24(31)15-28-25(32)19-4-3-5-20(26)13-19/h3-14H,2,15-16H2,1H3,(H,28,32)(H,30,31)/b29-14+. The summed E-state index contributed by atoms with van der Waals surface area (Å²) in [6.07, 6.45) is 1.49. The Labute approximate surface area is 211 Å². The van der Waals surface area contributed by atoms with E-state index in [0.717, 1.165) is 10.0 Å². The van der Waals surface area contributed by atoms with Gasteiger partial charge in [0.2, 0.25) is 0 Å². The van der Waals surface area contributed by atoms with Gasteiger partial charge >= 0.3 is 0 Å². The average molecular weight is 545 g/mol. The van der Waals surface area contributed by atoms with Crippen LogP contribution in [0.5, 0.6) is 11.5 Å². The fourth-order valence-corrected chi connectivity index (χ4v) is 3.37. The minimum Gasteiger partial charge on any atom is -0.490 e. The Balaban J connectivity index is 1.53. The quantitative estimate of drug-likeness (QED) is 0.279. The number of halogens is 2. The van der Waals surface area contributed by atoms with Crippen LogP contribution in [0.1, 0.15) is 28.4 Å². The van der Waals surface area contributed by atoms with Gasteiger partial charge in [-0.3, -0.25) is 9.59 Å². The number of carbonyl (C=O) groups is 2. The fraction of sp³-hybridized carbons (Fsp3) is 0.160. The largest absolute Gasteiger partial charge is 0.490 e. The Kier molecular flexibility index (Phi) is 9.49. The summed E-state index contributed by atoms with van der Waals surface area (Å²) in [5.74, 6) is 0.352. The van der Waals surface area contributed by atoms with Gasteiger partial charge in [-0.1, -0.05) is 45.7 Å². The van der Waals surface area contributed by atoms with Crippen molar-refractivity contribution < 1.29 is 19.1 Å². The summed E-state index contributed by atoms with van der Waals surface area (Å²) in [6.45, 7) is 2.51. The Bertz CT molecular complexity index is 1170. The number of benzene rings is 3. The molecule has 0 aliphatic heterocycles. The van der Waals surface area contributed by atoms with E-state index in [0.29, 0.717) is 40.9 Å². The lowest BCUT2D eigenvalue weighted by atomic mass is 10.2. The molecule has 0 unspecified atom stereocenters. The lowest BCUT2D eigenvalue weighted by molar-refractivity contribution is -0.120. The molecule has 34 heavy (non-hydrogen) atoms. The van der Waals surface area contributed by atoms with Crippen molar-refractivity contribution in [3.63, 3.8) is 0 Å². The summed E-state index contributed by atoms with van der Waals surface area (Å²) in [5, 5.41) is 7.16. The number of rotatable bonds is 10. The van der Waals surface area contributed by atoms with Crippen molar-refractivity contribution in [2.75, 3.05) is 13.2 Å². The molecule has 0 atom stereocenters. The van der Waals surface area contributed by atoms with Crippen molar-refractivity contribution in [3.8, 4) is 11.5 Å². The molecule has 0 aromatic heterocycles. The van der Waals surface area contributed by atoms with E-state index in [1.165, 1.54) is 6.21 Å². The van der Waals surface area contributed by atoms with Crippen LogP contribution < -0.4 is 20.2 Å². The highest BCUT2D eigenvalue weighted by molar-refractivity contribution is 9.10. The molecule has 2 amide bonds. The highest BCUT2D eigenvalue weighted by Crippen LogP contribution is 2.29. The molecule has 7 nitrogen and oxygen atoms in total. The molecule has 0 fully saturated rings. The molecule has 0 spiro atoms. The monoisotopic (exact) mass is 543 g/mol. The van der Waals surface area contributed by atoms with E-state index in [1.54, 1.807) is 36.4 Å².